The molecule has 1 rings (SSSR count). The summed E-state index contributed by atoms with van der Waals surface area (Å²) in [5.41, 5.74) is 5.26. The smallest absolute Gasteiger partial charge is 0.326 e. The molecule has 2 unspecified atom stereocenters. The molecule has 0 bridgehead atoms. The lowest BCUT2D eigenvalue weighted by Gasteiger charge is -2.25. The lowest BCUT2D eigenvalue weighted by Crippen LogP contribution is -2.51. The summed E-state index contributed by atoms with van der Waals surface area (Å²) in [5, 5.41) is 27.3. The predicted octanol–water partition coefficient (Wildman–Crippen LogP) is -1.54. The van der Waals surface area contributed by atoms with Crippen LogP contribution in [0.4, 0.5) is 0 Å². The van der Waals surface area contributed by atoms with Crippen LogP contribution in [0.5, 0.6) is 0 Å². The Kier molecular flexibility index (Phi) is 9.79. The van der Waals surface area contributed by atoms with Crippen LogP contribution >= 0.6 is 0 Å². The summed E-state index contributed by atoms with van der Waals surface area (Å²) in [6, 6.07) is -2.03. The maximum atomic E-state index is 12.1. The molecule has 142 valence electrons. The van der Waals surface area contributed by atoms with Gasteiger partial charge in [-0.15, -0.1) is 0 Å². The van der Waals surface area contributed by atoms with Crippen molar-refractivity contribution in [2.75, 3.05) is 13.1 Å². The SMILES string of the molecule is CC(=O)O.NCC(=O)N1CCCC1C(=O)NC(CCC(=O)O)C(=O)O. The van der Waals surface area contributed by atoms with Gasteiger partial charge in [-0.3, -0.25) is 19.2 Å². The van der Waals surface area contributed by atoms with E-state index in [0.717, 1.165) is 6.92 Å². The second-order valence-corrected chi connectivity index (χ2v) is 5.30. The van der Waals surface area contributed by atoms with Gasteiger partial charge in [-0.05, 0) is 19.3 Å². The number of carboxylic acid groups (broad SMARTS) is 3. The van der Waals surface area contributed by atoms with E-state index in [2.05, 4.69) is 5.32 Å². The van der Waals surface area contributed by atoms with E-state index < -0.39 is 35.9 Å². The Bertz CT molecular complexity index is 518. The van der Waals surface area contributed by atoms with Gasteiger partial charge in [0.25, 0.3) is 5.97 Å². The minimum absolute atomic E-state index is 0.214. The summed E-state index contributed by atoms with van der Waals surface area (Å²) >= 11 is 0. The third kappa shape index (κ3) is 8.65. The molecule has 0 radical (unpaired) electrons. The normalized spacial score (nSPS) is 17.0. The number of nitrogens with one attached hydrogen (secondary N) is 1. The third-order valence-electron chi connectivity index (χ3n) is 3.31. The van der Waals surface area contributed by atoms with Crippen LogP contribution < -0.4 is 11.1 Å². The van der Waals surface area contributed by atoms with Crippen molar-refractivity contribution in [3.05, 3.63) is 0 Å². The summed E-state index contributed by atoms with van der Waals surface area (Å²) in [6.07, 6.45) is 0.487. The van der Waals surface area contributed by atoms with E-state index in [-0.39, 0.29) is 25.3 Å². The highest BCUT2D eigenvalue weighted by Crippen LogP contribution is 2.17. The Balaban J connectivity index is 0.00000129. The second kappa shape index (κ2) is 11.0. The van der Waals surface area contributed by atoms with E-state index >= 15 is 0 Å². The van der Waals surface area contributed by atoms with E-state index in [0.29, 0.717) is 19.4 Å². The number of carbonyl (C=O) groups excluding carboxylic acids is 2. The number of nitrogens with zero attached hydrogens (tertiary/aromatic N) is 1. The molecular weight excluding hydrogens is 338 g/mol. The van der Waals surface area contributed by atoms with Crippen LogP contribution in [0.25, 0.3) is 0 Å². The number of hydrogen-bond acceptors (Lipinski definition) is 6. The Morgan fingerprint density at radius 1 is 1.20 bits per heavy atom. The zero-order chi connectivity index (χ0) is 19.6. The summed E-state index contributed by atoms with van der Waals surface area (Å²) in [4.78, 5) is 55.5. The summed E-state index contributed by atoms with van der Waals surface area (Å²) < 4.78 is 0. The molecule has 2 atom stereocenters. The number of amides is 2. The maximum Gasteiger partial charge on any atom is 0.326 e. The standard InChI is InChI=1S/C12H19N3O6.C2H4O2/c13-6-9(16)15-5-1-2-8(15)11(19)14-7(12(20)21)3-4-10(17)18;1-2(3)4/h7-8H,1-6,13H2,(H,14,19)(H,17,18)(H,20,21);1H3,(H,3,4). The van der Waals surface area contributed by atoms with Crippen molar-refractivity contribution in [1.29, 1.82) is 0 Å². The quantitative estimate of drug-likeness (QED) is 0.358. The van der Waals surface area contributed by atoms with Crippen molar-refractivity contribution in [1.82, 2.24) is 10.2 Å². The van der Waals surface area contributed by atoms with Gasteiger partial charge >= 0.3 is 11.9 Å². The lowest BCUT2D eigenvalue weighted by atomic mass is 10.1. The number of likely N-dealkylation sites (tertiary alicyclic amines) is 1. The van der Waals surface area contributed by atoms with Crippen molar-refractivity contribution < 1.29 is 39.3 Å². The van der Waals surface area contributed by atoms with E-state index in [1.165, 1.54) is 4.90 Å². The van der Waals surface area contributed by atoms with Gasteiger partial charge in [0.15, 0.2) is 0 Å². The molecule has 1 fully saturated rings. The lowest BCUT2D eigenvalue weighted by molar-refractivity contribution is -0.144. The van der Waals surface area contributed by atoms with Crippen LogP contribution in [0.2, 0.25) is 0 Å². The van der Waals surface area contributed by atoms with E-state index in [1.807, 2.05) is 0 Å². The van der Waals surface area contributed by atoms with E-state index in [1.54, 1.807) is 0 Å². The van der Waals surface area contributed by atoms with E-state index in [4.69, 9.17) is 25.8 Å². The monoisotopic (exact) mass is 361 g/mol. The summed E-state index contributed by atoms with van der Waals surface area (Å²) in [6.45, 7) is 1.27. The van der Waals surface area contributed by atoms with Crippen molar-refractivity contribution in [3.63, 3.8) is 0 Å². The molecule has 11 nitrogen and oxygen atoms in total. The molecule has 1 heterocycles. The fraction of sp³-hybridized carbons (Fsp3) is 0.643. The van der Waals surface area contributed by atoms with Gasteiger partial charge in [0.2, 0.25) is 11.8 Å². The molecule has 0 aliphatic carbocycles. The van der Waals surface area contributed by atoms with Gasteiger partial charge < -0.3 is 31.3 Å². The topological polar surface area (TPSA) is 187 Å². The van der Waals surface area contributed by atoms with Gasteiger partial charge in [0, 0.05) is 19.9 Å². The molecule has 0 aromatic carbocycles. The zero-order valence-electron chi connectivity index (χ0n) is 13.8. The summed E-state index contributed by atoms with van der Waals surface area (Å²) in [5.74, 6) is -4.24. The number of carboxylic acids is 3. The van der Waals surface area contributed by atoms with Crippen LogP contribution in [-0.4, -0.2) is 75.1 Å². The van der Waals surface area contributed by atoms with E-state index in [9.17, 15) is 19.2 Å². The third-order valence-corrected chi connectivity index (χ3v) is 3.31. The molecule has 1 aliphatic heterocycles. The highest BCUT2D eigenvalue weighted by Gasteiger charge is 2.35. The highest BCUT2D eigenvalue weighted by molar-refractivity contribution is 5.91. The first kappa shape index (κ1) is 22.3. The van der Waals surface area contributed by atoms with Crippen LogP contribution in [0.1, 0.15) is 32.6 Å². The van der Waals surface area contributed by atoms with Crippen molar-refractivity contribution in [2.24, 2.45) is 5.73 Å². The highest BCUT2D eigenvalue weighted by atomic mass is 16.4. The first-order chi connectivity index (χ1) is 11.6. The number of hydrogen-bond donors (Lipinski definition) is 5. The average molecular weight is 361 g/mol. The van der Waals surface area contributed by atoms with Crippen molar-refractivity contribution in [2.45, 2.75) is 44.7 Å². The number of nitrogens with two attached hydrogens (primary N) is 1. The first-order valence-corrected chi connectivity index (χ1v) is 7.54. The van der Waals surface area contributed by atoms with Crippen molar-refractivity contribution >= 4 is 29.7 Å². The fourth-order valence-corrected chi connectivity index (χ4v) is 2.25. The molecule has 0 saturated carbocycles. The molecule has 0 spiro atoms. The van der Waals surface area contributed by atoms with Crippen LogP contribution in [-0.2, 0) is 24.0 Å². The molecule has 25 heavy (non-hydrogen) atoms. The zero-order valence-corrected chi connectivity index (χ0v) is 13.8. The van der Waals surface area contributed by atoms with Gasteiger partial charge in [-0.1, -0.05) is 0 Å². The van der Waals surface area contributed by atoms with Gasteiger partial charge in [-0.25, -0.2) is 4.79 Å². The molecule has 1 aliphatic rings. The van der Waals surface area contributed by atoms with Gasteiger partial charge in [0.1, 0.15) is 12.1 Å². The Hall–Kier alpha value is -2.69. The van der Waals surface area contributed by atoms with Gasteiger partial charge in [0.05, 0.1) is 6.54 Å². The maximum absolute atomic E-state index is 12.1. The largest absolute Gasteiger partial charge is 0.481 e. The van der Waals surface area contributed by atoms with Crippen LogP contribution in [0, 0.1) is 0 Å². The Labute approximate surface area is 143 Å². The molecule has 0 aromatic heterocycles. The van der Waals surface area contributed by atoms with Gasteiger partial charge in [-0.2, -0.15) is 0 Å². The molecule has 1 saturated heterocycles. The second-order valence-electron chi connectivity index (χ2n) is 5.30. The summed E-state index contributed by atoms with van der Waals surface area (Å²) in [7, 11) is 0. The molecule has 11 heteroatoms. The first-order valence-electron chi connectivity index (χ1n) is 7.54. The number of aliphatic carboxylic acids is 3. The van der Waals surface area contributed by atoms with Crippen LogP contribution in [0.3, 0.4) is 0 Å². The molecule has 6 N–H and O–H groups in total. The molecule has 0 aromatic rings. The van der Waals surface area contributed by atoms with Crippen molar-refractivity contribution in [3.8, 4) is 0 Å². The Morgan fingerprint density at radius 3 is 2.20 bits per heavy atom. The minimum atomic E-state index is -1.31. The molecule has 2 amide bonds. The fourth-order valence-electron chi connectivity index (χ4n) is 2.25. The minimum Gasteiger partial charge on any atom is -0.481 e. The predicted molar refractivity (Wildman–Crippen MR) is 83.5 cm³/mol. The number of rotatable bonds is 7. The van der Waals surface area contributed by atoms with Crippen LogP contribution in [0.15, 0.2) is 0 Å². The molecular formula is C14H23N3O8. The Morgan fingerprint density at radius 2 is 1.76 bits per heavy atom. The average Bonchev–Trinajstić information content (AvgIpc) is 2.98. The number of carbonyl (C=O) groups is 5.